The number of aromatic nitrogens is 1. The molecule has 134 valence electrons. The van der Waals surface area contributed by atoms with Crippen LogP contribution in [0.1, 0.15) is 43.7 Å². The van der Waals surface area contributed by atoms with Gasteiger partial charge in [-0.1, -0.05) is 6.92 Å². The fourth-order valence-corrected chi connectivity index (χ4v) is 5.69. The van der Waals surface area contributed by atoms with Crippen molar-refractivity contribution in [3.63, 3.8) is 0 Å². The zero-order valence-corrected chi connectivity index (χ0v) is 15.9. The van der Waals surface area contributed by atoms with Gasteiger partial charge in [0.05, 0.1) is 11.4 Å². The van der Waals surface area contributed by atoms with E-state index in [9.17, 15) is 13.2 Å². The Morgan fingerprint density at radius 1 is 1.33 bits per heavy atom. The third kappa shape index (κ3) is 3.81. The lowest BCUT2D eigenvalue weighted by Crippen LogP contribution is -2.42. The van der Waals surface area contributed by atoms with Crippen LogP contribution in [0.15, 0.2) is 0 Å². The Morgan fingerprint density at radius 3 is 2.71 bits per heavy atom. The van der Waals surface area contributed by atoms with Crippen molar-refractivity contribution in [2.45, 2.75) is 46.0 Å². The number of sulfonamides is 1. The van der Waals surface area contributed by atoms with E-state index < -0.39 is 10.0 Å². The van der Waals surface area contributed by atoms with Crippen LogP contribution in [0.4, 0.5) is 5.13 Å². The van der Waals surface area contributed by atoms with Gasteiger partial charge in [0.15, 0.2) is 5.13 Å². The highest BCUT2D eigenvalue weighted by molar-refractivity contribution is 7.89. The number of hydrogen-bond acceptors (Lipinski definition) is 5. The standard InChI is InChI=1S/C16H25N3O3S2/c1-3-24(21,22)19-8-6-12(7-9-19)15(20)18-16-17-13-5-4-11(2)10-14(13)23-16/h11-12H,3-10H2,1-2H3,(H,17,18,20). The van der Waals surface area contributed by atoms with Gasteiger partial charge < -0.3 is 5.32 Å². The van der Waals surface area contributed by atoms with Gasteiger partial charge in [-0.2, -0.15) is 0 Å². The lowest BCUT2D eigenvalue weighted by molar-refractivity contribution is -0.120. The average molecular weight is 372 g/mol. The normalized spacial score (nSPS) is 23.0. The van der Waals surface area contributed by atoms with Crippen molar-refractivity contribution >= 4 is 32.4 Å². The van der Waals surface area contributed by atoms with E-state index in [0.717, 1.165) is 25.0 Å². The van der Waals surface area contributed by atoms with E-state index in [-0.39, 0.29) is 17.6 Å². The minimum Gasteiger partial charge on any atom is -0.302 e. The molecule has 0 saturated carbocycles. The summed E-state index contributed by atoms with van der Waals surface area (Å²) in [5, 5.41) is 3.65. The van der Waals surface area contributed by atoms with Crippen molar-refractivity contribution in [2.75, 3.05) is 24.2 Å². The first kappa shape index (κ1) is 17.8. The average Bonchev–Trinajstić information content (AvgIpc) is 2.96. The first-order chi connectivity index (χ1) is 11.4. The van der Waals surface area contributed by atoms with Crippen molar-refractivity contribution in [1.82, 2.24) is 9.29 Å². The third-order valence-corrected chi connectivity index (χ3v) is 7.92. The number of carbonyl (C=O) groups is 1. The van der Waals surface area contributed by atoms with E-state index in [1.165, 1.54) is 9.18 Å². The van der Waals surface area contributed by atoms with Crippen molar-refractivity contribution in [2.24, 2.45) is 11.8 Å². The summed E-state index contributed by atoms with van der Waals surface area (Å²) in [4.78, 5) is 18.3. The first-order valence-electron chi connectivity index (χ1n) is 8.66. The summed E-state index contributed by atoms with van der Waals surface area (Å²) in [6.45, 7) is 4.76. The second-order valence-electron chi connectivity index (χ2n) is 6.80. The molecule has 0 radical (unpaired) electrons. The second-order valence-corrected chi connectivity index (χ2v) is 10.1. The molecule has 0 spiro atoms. The van der Waals surface area contributed by atoms with E-state index in [1.807, 2.05) is 0 Å². The smallest absolute Gasteiger partial charge is 0.229 e. The number of nitrogens with zero attached hydrogens (tertiary/aromatic N) is 2. The fourth-order valence-electron chi connectivity index (χ4n) is 3.38. The molecular weight excluding hydrogens is 346 g/mol. The lowest BCUT2D eigenvalue weighted by atomic mass is 9.93. The van der Waals surface area contributed by atoms with E-state index >= 15 is 0 Å². The number of carbonyl (C=O) groups excluding carboxylic acids is 1. The van der Waals surface area contributed by atoms with Crippen LogP contribution in [0.2, 0.25) is 0 Å². The summed E-state index contributed by atoms with van der Waals surface area (Å²) >= 11 is 1.59. The van der Waals surface area contributed by atoms with E-state index in [4.69, 9.17) is 0 Å². The molecule has 1 N–H and O–H groups in total. The Kier molecular flexibility index (Phi) is 5.27. The molecule has 6 nitrogen and oxygen atoms in total. The summed E-state index contributed by atoms with van der Waals surface area (Å²) in [7, 11) is -3.15. The second kappa shape index (κ2) is 7.09. The number of rotatable bonds is 4. The predicted octanol–water partition coefficient (Wildman–Crippen LogP) is 2.27. The van der Waals surface area contributed by atoms with Crippen LogP contribution in [0.25, 0.3) is 0 Å². The molecule has 8 heteroatoms. The summed E-state index contributed by atoms with van der Waals surface area (Å²) in [5.41, 5.74) is 1.14. The number of amides is 1. The fraction of sp³-hybridized carbons (Fsp3) is 0.750. The molecule has 0 bridgehead atoms. The van der Waals surface area contributed by atoms with Crippen LogP contribution in [0, 0.1) is 11.8 Å². The molecule has 24 heavy (non-hydrogen) atoms. The zero-order valence-electron chi connectivity index (χ0n) is 14.2. The molecule has 1 aliphatic carbocycles. The minimum absolute atomic E-state index is 0.0253. The number of nitrogens with one attached hydrogen (secondary N) is 1. The maximum Gasteiger partial charge on any atom is 0.229 e. The maximum atomic E-state index is 12.5. The molecule has 1 atom stereocenters. The molecule has 1 aromatic rings. The topological polar surface area (TPSA) is 79.4 Å². The van der Waals surface area contributed by atoms with Crippen molar-refractivity contribution in [1.29, 1.82) is 0 Å². The van der Waals surface area contributed by atoms with Gasteiger partial charge in [0, 0.05) is 23.9 Å². The first-order valence-corrected chi connectivity index (χ1v) is 11.1. The highest BCUT2D eigenvalue weighted by Gasteiger charge is 2.30. The van der Waals surface area contributed by atoms with Crippen molar-refractivity contribution in [3.05, 3.63) is 10.6 Å². The highest BCUT2D eigenvalue weighted by atomic mass is 32.2. The van der Waals surface area contributed by atoms with E-state index in [1.54, 1.807) is 18.3 Å². The Morgan fingerprint density at radius 2 is 2.04 bits per heavy atom. The zero-order chi connectivity index (χ0) is 17.3. The Bertz CT molecular complexity index is 706. The third-order valence-electron chi connectivity index (χ3n) is 5.00. The largest absolute Gasteiger partial charge is 0.302 e. The monoisotopic (exact) mass is 371 g/mol. The number of hydrogen-bond donors (Lipinski definition) is 1. The molecule has 0 aromatic carbocycles. The molecule has 1 amide bonds. The van der Waals surface area contributed by atoms with Crippen LogP contribution in [-0.2, 0) is 27.7 Å². The molecule has 3 rings (SSSR count). The number of piperidine rings is 1. The Hall–Kier alpha value is -0.990. The maximum absolute atomic E-state index is 12.5. The summed E-state index contributed by atoms with van der Waals surface area (Å²) < 4.78 is 25.3. The molecule has 1 saturated heterocycles. The van der Waals surface area contributed by atoms with Crippen molar-refractivity contribution in [3.8, 4) is 0 Å². The molecule has 1 unspecified atom stereocenters. The minimum atomic E-state index is -3.15. The van der Waals surface area contributed by atoms with Gasteiger partial charge in [0.1, 0.15) is 0 Å². The van der Waals surface area contributed by atoms with E-state index in [2.05, 4.69) is 17.2 Å². The summed E-state index contributed by atoms with van der Waals surface area (Å²) in [6.07, 6.45) is 4.36. The molecule has 1 aliphatic heterocycles. The number of aryl methyl sites for hydroxylation is 1. The number of thiazole rings is 1. The Balaban J connectivity index is 1.57. The SMILES string of the molecule is CCS(=O)(=O)N1CCC(C(=O)Nc2nc3c(s2)CC(C)CC3)CC1. The van der Waals surface area contributed by atoms with Crippen LogP contribution in [-0.4, -0.2) is 42.5 Å². The van der Waals surface area contributed by atoms with Crippen LogP contribution < -0.4 is 5.32 Å². The van der Waals surface area contributed by atoms with Crippen molar-refractivity contribution < 1.29 is 13.2 Å². The summed E-state index contributed by atoms with van der Waals surface area (Å²) in [5.74, 6) is 0.648. The molecule has 1 aromatic heterocycles. The number of fused-ring (bicyclic) bond motifs is 1. The van der Waals surface area contributed by atoms with Gasteiger partial charge >= 0.3 is 0 Å². The molecule has 1 fully saturated rings. The van der Waals surface area contributed by atoms with Gasteiger partial charge in [0.25, 0.3) is 0 Å². The molecule has 2 aliphatic rings. The number of anilines is 1. The van der Waals surface area contributed by atoms with Crippen LogP contribution in [0.3, 0.4) is 0 Å². The van der Waals surface area contributed by atoms with Crippen LogP contribution >= 0.6 is 11.3 Å². The predicted molar refractivity (Wildman–Crippen MR) is 95.7 cm³/mol. The van der Waals surface area contributed by atoms with Gasteiger partial charge in [0.2, 0.25) is 15.9 Å². The van der Waals surface area contributed by atoms with Gasteiger partial charge in [-0.25, -0.2) is 17.7 Å². The quantitative estimate of drug-likeness (QED) is 0.880. The van der Waals surface area contributed by atoms with Gasteiger partial charge in [-0.3, -0.25) is 4.79 Å². The molecular formula is C16H25N3O3S2. The lowest BCUT2D eigenvalue weighted by Gasteiger charge is -2.30. The van der Waals surface area contributed by atoms with Gasteiger partial charge in [-0.15, -0.1) is 11.3 Å². The van der Waals surface area contributed by atoms with Gasteiger partial charge in [-0.05, 0) is 44.9 Å². The van der Waals surface area contributed by atoms with E-state index in [0.29, 0.717) is 37.0 Å². The Labute approximate surface area is 147 Å². The molecule has 2 heterocycles. The highest BCUT2D eigenvalue weighted by Crippen LogP contribution is 2.32. The van der Waals surface area contributed by atoms with Crippen LogP contribution in [0.5, 0.6) is 0 Å². The summed E-state index contributed by atoms with van der Waals surface area (Å²) in [6, 6.07) is 0.